The summed E-state index contributed by atoms with van der Waals surface area (Å²) in [6.45, 7) is 6.11. The molecule has 2 saturated heterocycles. The average molecular weight is 569 g/mol. The van der Waals surface area contributed by atoms with Gasteiger partial charge in [-0.15, -0.1) is 11.3 Å². The molecule has 2 fully saturated rings. The van der Waals surface area contributed by atoms with E-state index in [2.05, 4.69) is 10.0 Å². The van der Waals surface area contributed by atoms with Crippen molar-refractivity contribution in [3.8, 4) is 0 Å². The normalized spacial score (nSPS) is 19.9. The SMILES string of the molecule is CC(C)(C)C(NC(=O)c1cc2ccccc2s1)C(=O)N1C[C@@H]2C[C@H]1CN2C(=O)CNS(=O)(=O)c1ccccc1. The number of thiophene rings is 1. The number of nitrogens with zero attached hydrogens (tertiary/aromatic N) is 2. The zero-order valence-electron chi connectivity index (χ0n) is 22.1. The van der Waals surface area contributed by atoms with E-state index in [9.17, 15) is 22.8 Å². The van der Waals surface area contributed by atoms with E-state index < -0.39 is 21.5 Å². The number of likely N-dealkylation sites (tertiary alicyclic amines) is 2. The largest absolute Gasteiger partial charge is 0.339 e. The maximum absolute atomic E-state index is 13.7. The highest BCUT2D eigenvalue weighted by atomic mass is 32.2. The predicted molar refractivity (Wildman–Crippen MR) is 150 cm³/mol. The summed E-state index contributed by atoms with van der Waals surface area (Å²) in [7, 11) is -3.79. The van der Waals surface area contributed by atoms with E-state index in [0.29, 0.717) is 24.4 Å². The number of carbonyl (C=O) groups excluding carboxylic acids is 3. The molecular formula is C28H32N4O5S2. The Morgan fingerprint density at radius 1 is 0.974 bits per heavy atom. The van der Waals surface area contributed by atoms with E-state index in [-0.39, 0.29) is 41.2 Å². The van der Waals surface area contributed by atoms with Gasteiger partial charge in [-0.05, 0) is 41.5 Å². The molecule has 2 aromatic carbocycles. The van der Waals surface area contributed by atoms with Crippen LogP contribution < -0.4 is 10.0 Å². The Hall–Kier alpha value is -3.28. The van der Waals surface area contributed by atoms with Crippen LogP contribution in [0.3, 0.4) is 0 Å². The first-order valence-corrected chi connectivity index (χ1v) is 15.2. The first kappa shape index (κ1) is 27.3. The molecule has 2 N–H and O–H groups in total. The van der Waals surface area contributed by atoms with Crippen molar-refractivity contribution in [3.05, 3.63) is 65.5 Å². The lowest BCUT2D eigenvalue weighted by molar-refractivity contribution is -0.142. The number of hydrogen-bond acceptors (Lipinski definition) is 6. The smallest absolute Gasteiger partial charge is 0.262 e. The molecule has 0 spiro atoms. The zero-order chi connectivity index (χ0) is 27.9. The van der Waals surface area contributed by atoms with Crippen LogP contribution in [0.4, 0.5) is 0 Å². The van der Waals surface area contributed by atoms with E-state index in [1.54, 1.807) is 28.0 Å². The van der Waals surface area contributed by atoms with Gasteiger partial charge in [0, 0.05) is 17.8 Å². The van der Waals surface area contributed by atoms with E-state index >= 15 is 0 Å². The molecule has 1 aromatic heterocycles. The van der Waals surface area contributed by atoms with Crippen molar-refractivity contribution in [2.75, 3.05) is 19.6 Å². The van der Waals surface area contributed by atoms with Crippen LogP contribution in [0.2, 0.25) is 0 Å². The first-order chi connectivity index (χ1) is 18.4. The van der Waals surface area contributed by atoms with Crippen LogP contribution in [-0.4, -0.2) is 73.7 Å². The maximum atomic E-state index is 13.7. The highest BCUT2D eigenvalue weighted by Gasteiger charge is 2.49. The van der Waals surface area contributed by atoms with Gasteiger partial charge in [0.15, 0.2) is 0 Å². The van der Waals surface area contributed by atoms with Gasteiger partial charge in [0.05, 0.1) is 28.4 Å². The Morgan fingerprint density at radius 3 is 2.26 bits per heavy atom. The van der Waals surface area contributed by atoms with Crippen LogP contribution in [0.15, 0.2) is 65.6 Å². The minimum atomic E-state index is -3.79. The molecule has 206 valence electrons. The fourth-order valence-electron chi connectivity index (χ4n) is 5.29. The minimum absolute atomic E-state index is 0.100. The second-order valence-electron chi connectivity index (χ2n) is 11.1. The fourth-order valence-corrected chi connectivity index (χ4v) is 7.26. The third-order valence-electron chi connectivity index (χ3n) is 7.35. The van der Waals surface area contributed by atoms with Gasteiger partial charge in [-0.1, -0.05) is 57.2 Å². The highest BCUT2D eigenvalue weighted by Crippen LogP contribution is 2.34. The van der Waals surface area contributed by atoms with Gasteiger partial charge in [-0.2, -0.15) is 0 Å². The van der Waals surface area contributed by atoms with E-state index in [1.165, 1.54) is 23.5 Å². The van der Waals surface area contributed by atoms with Crippen molar-refractivity contribution < 1.29 is 22.8 Å². The van der Waals surface area contributed by atoms with Crippen molar-refractivity contribution in [1.82, 2.24) is 19.8 Å². The summed E-state index contributed by atoms with van der Waals surface area (Å²) in [4.78, 5) is 43.9. The summed E-state index contributed by atoms with van der Waals surface area (Å²) in [5, 5.41) is 3.96. The van der Waals surface area contributed by atoms with Gasteiger partial charge < -0.3 is 15.1 Å². The minimum Gasteiger partial charge on any atom is -0.339 e. The van der Waals surface area contributed by atoms with Gasteiger partial charge >= 0.3 is 0 Å². The molecule has 2 bridgehead atoms. The summed E-state index contributed by atoms with van der Waals surface area (Å²) in [5.41, 5.74) is -0.531. The Morgan fingerprint density at radius 2 is 1.62 bits per heavy atom. The molecule has 1 unspecified atom stereocenters. The molecule has 3 aromatic rings. The highest BCUT2D eigenvalue weighted by molar-refractivity contribution is 7.89. The summed E-state index contributed by atoms with van der Waals surface area (Å²) in [5.74, 6) is -0.766. The second kappa shape index (κ2) is 10.4. The van der Waals surface area contributed by atoms with E-state index in [1.807, 2.05) is 51.1 Å². The molecule has 2 aliphatic rings. The molecule has 39 heavy (non-hydrogen) atoms. The predicted octanol–water partition coefficient (Wildman–Crippen LogP) is 2.84. The van der Waals surface area contributed by atoms with Crippen molar-refractivity contribution in [3.63, 3.8) is 0 Å². The van der Waals surface area contributed by atoms with E-state index in [0.717, 1.165) is 10.1 Å². The zero-order valence-corrected chi connectivity index (χ0v) is 23.7. The van der Waals surface area contributed by atoms with Crippen LogP contribution >= 0.6 is 11.3 Å². The molecule has 3 atom stereocenters. The van der Waals surface area contributed by atoms with Crippen LogP contribution in [0, 0.1) is 5.41 Å². The van der Waals surface area contributed by atoms with Crippen LogP contribution in [0.5, 0.6) is 0 Å². The van der Waals surface area contributed by atoms with Crippen molar-refractivity contribution in [2.45, 2.75) is 50.2 Å². The molecular weight excluding hydrogens is 536 g/mol. The topological polar surface area (TPSA) is 116 Å². The van der Waals surface area contributed by atoms with Crippen LogP contribution in [0.25, 0.3) is 10.1 Å². The Kier molecular flexibility index (Phi) is 7.25. The third kappa shape index (κ3) is 5.57. The molecule has 5 rings (SSSR count). The van der Waals surface area contributed by atoms with Gasteiger partial charge in [0.1, 0.15) is 6.04 Å². The molecule has 2 aliphatic heterocycles. The summed E-state index contributed by atoms with van der Waals surface area (Å²) in [6, 6.07) is 16.4. The van der Waals surface area contributed by atoms with Crippen LogP contribution in [0.1, 0.15) is 36.9 Å². The second-order valence-corrected chi connectivity index (χ2v) is 14.0. The lowest BCUT2D eigenvalue weighted by Gasteiger charge is -2.39. The summed E-state index contributed by atoms with van der Waals surface area (Å²) in [6.07, 6.45) is 0.629. The van der Waals surface area contributed by atoms with Crippen LogP contribution in [-0.2, 0) is 19.6 Å². The lowest BCUT2D eigenvalue weighted by Crippen LogP contribution is -2.59. The van der Waals surface area contributed by atoms with E-state index in [4.69, 9.17) is 0 Å². The number of sulfonamides is 1. The molecule has 0 saturated carbocycles. The number of amides is 3. The first-order valence-electron chi connectivity index (χ1n) is 12.9. The molecule has 11 heteroatoms. The maximum Gasteiger partial charge on any atom is 0.262 e. The third-order valence-corrected chi connectivity index (χ3v) is 9.88. The van der Waals surface area contributed by atoms with Crippen molar-refractivity contribution in [2.24, 2.45) is 5.41 Å². The van der Waals surface area contributed by atoms with Crippen molar-refractivity contribution in [1.29, 1.82) is 0 Å². The molecule has 9 nitrogen and oxygen atoms in total. The summed E-state index contributed by atoms with van der Waals surface area (Å²) < 4.78 is 28.4. The number of nitrogens with one attached hydrogen (secondary N) is 2. The molecule has 3 heterocycles. The quantitative estimate of drug-likeness (QED) is 0.455. The number of piperazine rings is 1. The van der Waals surface area contributed by atoms with Gasteiger partial charge in [-0.25, -0.2) is 13.1 Å². The Bertz CT molecular complexity index is 1480. The van der Waals surface area contributed by atoms with Gasteiger partial charge in [-0.3, -0.25) is 14.4 Å². The van der Waals surface area contributed by atoms with Crippen molar-refractivity contribution >= 4 is 49.2 Å². The molecule has 0 aliphatic carbocycles. The van der Waals surface area contributed by atoms with Gasteiger partial charge in [0.2, 0.25) is 21.8 Å². The molecule has 3 amide bonds. The standard InChI is InChI=1S/C28H32N4O5S2/c1-28(2,3)25(30-26(34)23-13-18-9-7-8-12-22(18)38-23)27(35)32-17-19-14-20(32)16-31(19)24(33)15-29-39(36,37)21-10-5-4-6-11-21/h4-13,19-20,25,29H,14-17H2,1-3H3,(H,30,34)/t19-,20-,25?/m0/s1. The molecule has 0 radical (unpaired) electrons. The number of benzene rings is 2. The number of hydrogen-bond donors (Lipinski definition) is 2. The fraction of sp³-hybridized carbons (Fsp3) is 0.393. The number of fused-ring (bicyclic) bond motifs is 3. The number of carbonyl (C=O) groups is 3. The summed E-state index contributed by atoms with van der Waals surface area (Å²) >= 11 is 1.39. The average Bonchev–Trinajstić information content (AvgIpc) is 3.64. The Labute approximate surface area is 232 Å². The Balaban J connectivity index is 1.22. The number of rotatable bonds is 7. The lowest BCUT2D eigenvalue weighted by atomic mass is 9.85. The van der Waals surface area contributed by atoms with Gasteiger partial charge in [0.25, 0.3) is 5.91 Å². The monoisotopic (exact) mass is 568 g/mol.